The van der Waals surface area contributed by atoms with Gasteiger partial charge in [-0.15, -0.1) is 0 Å². The molecular weight excluding hydrogens is 323 g/mol. The number of likely N-dealkylation sites (tertiary alicyclic amines) is 2. The molecule has 1 amide bonds. The van der Waals surface area contributed by atoms with E-state index in [4.69, 9.17) is 9.47 Å². The Morgan fingerprint density at radius 2 is 1.92 bits per heavy atom. The van der Waals surface area contributed by atoms with Crippen LogP contribution in [0, 0.1) is 5.82 Å². The highest BCUT2D eigenvalue weighted by molar-refractivity contribution is 5.79. The van der Waals surface area contributed by atoms with Crippen molar-refractivity contribution in [2.75, 3.05) is 39.4 Å². The van der Waals surface area contributed by atoms with Crippen molar-refractivity contribution in [3.05, 3.63) is 30.1 Å². The van der Waals surface area contributed by atoms with Crippen molar-refractivity contribution in [3.63, 3.8) is 0 Å². The Hall–Kier alpha value is -1.66. The highest BCUT2D eigenvalue weighted by atomic mass is 19.1. The molecular formula is C19H25FN2O3. The van der Waals surface area contributed by atoms with E-state index in [2.05, 4.69) is 4.90 Å². The number of piperidine rings is 1. The van der Waals surface area contributed by atoms with E-state index in [0.29, 0.717) is 24.9 Å². The number of ether oxygens (including phenoxy) is 2. The van der Waals surface area contributed by atoms with Gasteiger partial charge in [0.05, 0.1) is 19.7 Å². The van der Waals surface area contributed by atoms with Crippen LogP contribution in [-0.2, 0) is 9.53 Å². The summed E-state index contributed by atoms with van der Waals surface area (Å²) in [5.41, 5.74) is -0.145. The second-order valence-electron chi connectivity index (χ2n) is 7.44. The van der Waals surface area contributed by atoms with Crippen molar-refractivity contribution in [1.29, 1.82) is 0 Å². The smallest absolute Gasteiger partial charge is 0.260 e. The van der Waals surface area contributed by atoms with Crippen molar-refractivity contribution in [2.45, 2.75) is 37.3 Å². The quantitative estimate of drug-likeness (QED) is 0.835. The fraction of sp³-hybridized carbons (Fsp3) is 0.632. The SMILES string of the molecule is O=C(COc1ccc(F)cc1)N1CC2(CC(N3CCCCC3)CO2)C1. The Balaban J connectivity index is 1.23. The standard InChI is InChI=1S/C19H25FN2O3/c20-15-4-6-17(7-5-15)24-12-18(23)22-13-19(14-22)10-16(11-25-19)21-8-2-1-3-9-21/h4-7,16H,1-3,8-14H2. The van der Waals surface area contributed by atoms with Gasteiger partial charge >= 0.3 is 0 Å². The van der Waals surface area contributed by atoms with Crippen molar-refractivity contribution in [2.24, 2.45) is 0 Å². The molecule has 3 heterocycles. The zero-order valence-electron chi connectivity index (χ0n) is 14.5. The largest absolute Gasteiger partial charge is 0.484 e. The van der Waals surface area contributed by atoms with Gasteiger partial charge in [-0.2, -0.15) is 0 Å². The summed E-state index contributed by atoms with van der Waals surface area (Å²) in [6, 6.07) is 6.22. The van der Waals surface area contributed by atoms with Gasteiger partial charge in [-0.1, -0.05) is 6.42 Å². The van der Waals surface area contributed by atoms with Crippen LogP contribution in [0.2, 0.25) is 0 Å². The third-order valence-corrected chi connectivity index (χ3v) is 5.58. The molecule has 136 valence electrons. The van der Waals surface area contributed by atoms with Gasteiger partial charge in [0, 0.05) is 6.04 Å². The van der Waals surface area contributed by atoms with E-state index in [1.807, 2.05) is 0 Å². The van der Waals surface area contributed by atoms with Gasteiger partial charge in [-0.25, -0.2) is 4.39 Å². The zero-order chi connectivity index (χ0) is 17.3. The first-order valence-corrected chi connectivity index (χ1v) is 9.18. The molecule has 5 nitrogen and oxygen atoms in total. The van der Waals surface area contributed by atoms with Crippen molar-refractivity contribution >= 4 is 5.91 Å². The number of carbonyl (C=O) groups is 1. The highest BCUT2D eigenvalue weighted by Gasteiger charge is 2.52. The molecule has 6 heteroatoms. The average Bonchev–Trinajstić information content (AvgIpc) is 3.06. The molecule has 1 atom stereocenters. The van der Waals surface area contributed by atoms with E-state index in [9.17, 15) is 9.18 Å². The van der Waals surface area contributed by atoms with Crippen molar-refractivity contribution in [3.8, 4) is 5.75 Å². The van der Waals surface area contributed by atoms with E-state index in [-0.39, 0.29) is 23.9 Å². The molecule has 1 aromatic carbocycles. The minimum atomic E-state index is -0.315. The third kappa shape index (κ3) is 3.65. The lowest BCUT2D eigenvalue weighted by Crippen LogP contribution is -2.64. The lowest BCUT2D eigenvalue weighted by Gasteiger charge is -2.47. The predicted molar refractivity (Wildman–Crippen MR) is 91.0 cm³/mol. The van der Waals surface area contributed by atoms with Gasteiger partial charge in [0.25, 0.3) is 5.91 Å². The van der Waals surface area contributed by atoms with Gasteiger partial charge in [0.1, 0.15) is 17.2 Å². The topological polar surface area (TPSA) is 42.0 Å². The van der Waals surface area contributed by atoms with Gasteiger partial charge in [-0.3, -0.25) is 9.69 Å². The van der Waals surface area contributed by atoms with E-state index < -0.39 is 0 Å². The van der Waals surface area contributed by atoms with Crippen molar-refractivity contribution < 1.29 is 18.7 Å². The minimum Gasteiger partial charge on any atom is -0.484 e. The number of halogens is 1. The molecule has 0 bridgehead atoms. The zero-order valence-corrected chi connectivity index (χ0v) is 14.5. The number of hydrogen-bond acceptors (Lipinski definition) is 4. The maximum Gasteiger partial charge on any atom is 0.260 e. The summed E-state index contributed by atoms with van der Waals surface area (Å²) in [5, 5.41) is 0. The third-order valence-electron chi connectivity index (χ3n) is 5.58. The molecule has 1 aromatic rings. The lowest BCUT2D eigenvalue weighted by molar-refractivity contribution is -0.159. The molecule has 1 unspecified atom stereocenters. The Bertz CT molecular complexity index is 610. The van der Waals surface area contributed by atoms with Crippen LogP contribution in [0.5, 0.6) is 5.75 Å². The average molecular weight is 348 g/mol. The molecule has 1 spiro atoms. The number of benzene rings is 1. The summed E-state index contributed by atoms with van der Waals surface area (Å²) in [6.07, 6.45) is 4.94. The fourth-order valence-electron chi connectivity index (χ4n) is 4.15. The summed E-state index contributed by atoms with van der Waals surface area (Å²) >= 11 is 0. The second-order valence-corrected chi connectivity index (χ2v) is 7.44. The minimum absolute atomic E-state index is 0.0166. The maximum atomic E-state index is 12.9. The predicted octanol–water partition coefficient (Wildman–Crippen LogP) is 2.06. The van der Waals surface area contributed by atoms with E-state index >= 15 is 0 Å². The first-order valence-electron chi connectivity index (χ1n) is 9.18. The first kappa shape index (κ1) is 16.8. The Morgan fingerprint density at radius 1 is 1.20 bits per heavy atom. The highest BCUT2D eigenvalue weighted by Crippen LogP contribution is 2.37. The van der Waals surface area contributed by atoms with Crippen LogP contribution in [0.15, 0.2) is 24.3 Å². The van der Waals surface area contributed by atoms with Gasteiger partial charge in [-0.05, 0) is 56.6 Å². The number of nitrogens with zero attached hydrogens (tertiary/aromatic N) is 2. The van der Waals surface area contributed by atoms with Crippen LogP contribution in [0.25, 0.3) is 0 Å². The van der Waals surface area contributed by atoms with Crippen LogP contribution in [0.3, 0.4) is 0 Å². The molecule has 0 N–H and O–H groups in total. The second kappa shape index (κ2) is 6.92. The molecule has 0 radical (unpaired) electrons. The van der Waals surface area contributed by atoms with Crippen molar-refractivity contribution in [1.82, 2.24) is 9.80 Å². The molecule has 3 aliphatic heterocycles. The monoisotopic (exact) mass is 348 g/mol. The van der Waals surface area contributed by atoms with E-state index in [1.165, 1.54) is 56.6 Å². The Kier molecular flexibility index (Phi) is 4.65. The van der Waals surface area contributed by atoms with Crippen LogP contribution in [0.1, 0.15) is 25.7 Å². The molecule has 3 fully saturated rings. The normalized spacial score (nSPS) is 25.8. The number of rotatable bonds is 4. The Labute approximate surface area is 147 Å². The van der Waals surface area contributed by atoms with Crippen LogP contribution >= 0.6 is 0 Å². The number of carbonyl (C=O) groups excluding carboxylic acids is 1. The fourth-order valence-corrected chi connectivity index (χ4v) is 4.15. The summed E-state index contributed by atoms with van der Waals surface area (Å²) in [4.78, 5) is 16.6. The summed E-state index contributed by atoms with van der Waals surface area (Å²) in [6.45, 7) is 4.44. The van der Waals surface area contributed by atoms with Gasteiger partial charge in [0.15, 0.2) is 6.61 Å². The molecule has 4 rings (SSSR count). The molecule has 25 heavy (non-hydrogen) atoms. The molecule has 0 saturated carbocycles. The van der Waals surface area contributed by atoms with Gasteiger partial charge in [0.2, 0.25) is 0 Å². The molecule has 0 aromatic heterocycles. The number of hydrogen-bond donors (Lipinski definition) is 0. The molecule has 3 saturated heterocycles. The van der Waals surface area contributed by atoms with E-state index in [1.54, 1.807) is 4.90 Å². The summed E-state index contributed by atoms with van der Waals surface area (Å²) < 4.78 is 24.4. The van der Waals surface area contributed by atoms with Crippen LogP contribution < -0.4 is 4.74 Å². The van der Waals surface area contributed by atoms with E-state index in [0.717, 1.165) is 13.0 Å². The summed E-state index contributed by atoms with van der Waals surface area (Å²) in [5.74, 6) is 0.150. The number of amides is 1. The molecule has 0 aliphatic carbocycles. The van der Waals surface area contributed by atoms with Crippen LogP contribution in [0.4, 0.5) is 4.39 Å². The Morgan fingerprint density at radius 3 is 2.64 bits per heavy atom. The van der Waals surface area contributed by atoms with Crippen LogP contribution in [-0.4, -0.2) is 66.7 Å². The summed E-state index contributed by atoms with van der Waals surface area (Å²) in [7, 11) is 0. The lowest BCUT2D eigenvalue weighted by atomic mass is 9.88. The first-order chi connectivity index (χ1) is 12.1. The maximum absolute atomic E-state index is 12.9. The molecule has 3 aliphatic rings. The van der Waals surface area contributed by atoms with Gasteiger partial charge < -0.3 is 14.4 Å².